The fraction of sp³-hybridized carbons (Fsp3) is 0.200. The second-order valence-electron chi connectivity index (χ2n) is 7.36. The van der Waals surface area contributed by atoms with Crippen molar-refractivity contribution >= 4 is 10.8 Å². The third kappa shape index (κ3) is 4.33. The highest BCUT2D eigenvalue weighted by molar-refractivity contribution is 5.95. The van der Waals surface area contributed by atoms with Gasteiger partial charge in [-0.1, -0.05) is 43.7 Å². The molecule has 0 aliphatic heterocycles. The van der Waals surface area contributed by atoms with Crippen LogP contribution in [0.2, 0.25) is 0 Å². The predicted octanol–water partition coefficient (Wildman–Crippen LogP) is 5.72. The molecule has 0 aliphatic carbocycles. The minimum absolute atomic E-state index is 0.0600. The van der Waals surface area contributed by atoms with Gasteiger partial charge in [-0.25, -0.2) is 8.78 Å². The van der Waals surface area contributed by atoms with Gasteiger partial charge in [0.05, 0.1) is 5.39 Å². The number of fused-ring (bicyclic) bond motifs is 1. The zero-order valence-corrected chi connectivity index (χ0v) is 17.1. The molecular weight excluding hydrogens is 398 g/mol. The van der Waals surface area contributed by atoms with Crippen LogP contribution in [0.3, 0.4) is 0 Å². The van der Waals surface area contributed by atoms with E-state index in [0.717, 1.165) is 18.4 Å². The van der Waals surface area contributed by atoms with Crippen LogP contribution in [0.25, 0.3) is 21.9 Å². The number of rotatable bonds is 7. The molecule has 2 aromatic carbocycles. The molecule has 4 nitrogen and oxygen atoms in total. The molecule has 0 bridgehead atoms. The fourth-order valence-electron chi connectivity index (χ4n) is 3.55. The Balaban J connectivity index is 1.76. The van der Waals surface area contributed by atoms with Gasteiger partial charge in [-0.3, -0.25) is 9.78 Å². The van der Waals surface area contributed by atoms with Crippen LogP contribution in [0.4, 0.5) is 8.78 Å². The highest BCUT2D eigenvalue weighted by Crippen LogP contribution is 2.32. The SMILES string of the molecule is CCCCn1cc(-c2cc(F)c(OCc3ccccc3)c(F)c2)c2ccncc2c1=O. The lowest BCUT2D eigenvalue weighted by Gasteiger charge is -2.14. The molecule has 31 heavy (non-hydrogen) atoms. The van der Waals surface area contributed by atoms with Crippen molar-refractivity contribution in [3.05, 3.63) is 94.7 Å². The largest absolute Gasteiger partial charge is 0.483 e. The topological polar surface area (TPSA) is 44.1 Å². The summed E-state index contributed by atoms with van der Waals surface area (Å²) >= 11 is 0. The zero-order chi connectivity index (χ0) is 21.8. The minimum Gasteiger partial charge on any atom is -0.483 e. The van der Waals surface area contributed by atoms with Gasteiger partial charge in [0.1, 0.15) is 6.61 Å². The third-order valence-electron chi connectivity index (χ3n) is 5.18. The van der Waals surface area contributed by atoms with Crippen LogP contribution in [0.5, 0.6) is 5.75 Å². The molecule has 0 aliphatic rings. The van der Waals surface area contributed by atoms with E-state index < -0.39 is 17.4 Å². The van der Waals surface area contributed by atoms with Crippen molar-refractivity contribution in [2.24, 2.45) is 0 Å². The highest BCUT2D eigenvalue weighted by Gasteiger charge is 2.17. The van der Waals surface area contributed by atoms with Crippen molar-refractivity contribution in [2.45, 2.75) is 32.9 Å². The van der Waals surface area contributed by atoms with Crippen LogP contribution < -0.4 is 10.3 Å². The molecule has 0 saturated heterocycles. The molecule has 6 heteroatoms. The van der Waals surface area contributed by atoms with Gasteiger partial charge in [-0.15, -0.1) is 0 Å². The van der Waals surface area contributed by atoms with E-state index in [9.17, 15) is 13.6 Å². The molecule has 158 valence electrons. The molecule has 0 amide bonds. The van der Waals surface area contributed by atoms with Gasteiger partial charge < -0.3 is 9.30 Å². The smallest absolute Gasteiger partial charge is 0.260 e. The lowest BCUT2D eigenvalue weighted by atomic mass is 10.0. The molecule has 2 heterocycles. The Kier molecular flexibility index (Phi) is 6.07. The van der Waals surface area contributed by atoms with Crippen molar-refractivity contribution in [2.75, 3.05) is 0 Å². The van der Waals surface area contributed by atoms with E-state index in [1.807, 2.05) is 37.3 Å². The molecular formula is C25H22F2N2O2. The molecule has 2 aromatic heterocycles. The molecule has 0 unspecified atom stereocenters. The fourth-order valence-corrected chi connectivity index (χ4v) is 3.55. The van der Waals surface area contributed by atoms with Gasteiger partial charge in [0.2, 0.25) is 0 Å². The summed E-state index contributed by atoms with van der Waals surface area (Å²) in [6.07, 6.45) is 6.46. The monoisotopic (exact) mass is 420 g/mol. The summed E-state index contributed by atoms with van der Waals surface area (Å²) < 4.78 is 36.7. The second-order valence-corrected chi connectivity index (χ2v) is 7.36. The van der Waals surface area contributed by atoms with Crippen LogP contribution in [-0.4, -0.2) is 9.55 Å². The van der Waals surface area contributed by atoms with E-state index >= 15 is 0 Å². The van der Waals surface area contributed by atoms with Gasteiger partial charge in [0, 0.05) is 30.7 Å². The summed E-state index contributed by atoms with van der Waals surface area (Å²) in [4.78, 5) is 16.8. The van der Waals surface area contributed by atoms with E-state index in [1.165, 1.54) is 18.3 Å². The quantitative estimate of drug-likeness (QED) is 0.384. The van der Waals surface area contributed by atoms with Gasteiger partial charge in [0.15, 0.2) is 17.4 Å². The maximum atomic E-state index is 14.8. The zero-order valence-electron chi connectivity index (χ0n) is 17.1. The first kappa shape index (κ1) is 20.7. The number of hydrogen-bond acceptors (Lipinski definition) is 3. The number of halogens is 2. The first-order valence-electron chi connectivity index (χ1n) is 10.2. The maximum Gasteiger partial charge on any atom is 0.260 e. The Morgan fingerprint density at radius 3 is 2.48 bits per heavy atom. The highest BCUT2D eigenvalue weighted by atomic mass is 19.1. The number of pyridine rings is 2. The number of hydrogen-bond donors (Lipinski definition) is 0. The maximum absolute atomic E-state index is 14.8. The number of ether oxygens (including phenoxy) is 1. The summed E-state index contributed by atoms with van der Waals surface area (Å²) in [6, 6.07) is 13.4. The van der Waals surface area contributed by atoms with Gasteiger partial charge in [-0.05, 0) is 41.1 Å². The van der Waals surface area contributed by atoms with E-state index in [4.69, 9.17) is 4.74 Å². The Bertz CT molecular complexity index is 1250. The molecule has 0 fully saturated rings. The predicted molar refractivity (Wildman–Crippen MR) is 117 cm³/mol. The average Bonchev–Trinajstić information content (AvgIpc) is 2.79. The molecule has 4 rings (SSSR count). The number of nitrogens with zero attached hydrogens (tertiary/aromatic N) is 2. The number of aromatic nitrogens is 2. The number of benzene rings is 2. The summed E-state index contributed by atoms with van der Waals surface area (Å²) in [7, 11) is 0. The van der Waals surface area contributed by atoms with Crippen molar-refractivity contribution < 1.29 is 13.5 Å². The third-order valence-corrected chi connectivity index (χ3v) is 5.18. The van der Waals surface area contributed by atoms with Crippen molar-refractivity contribution in [1.29, 1.82) is 0 Å². The molecule has 0 atom stereocenters. The second kappa shape index (κ2) is 9.08. The Hall–Kier alpha value is -3.54. The molecule has 4 aromatic rings. The van der Waals surface area contributed by atoms with Crippen LogP contribution >= 0.6 is 0 Å². The Labute approximate surface area is 178 Å². The van der Waals surface area contributed by atoms with Gasteiger partial charge in [0.25, 0.3) is 5.56 Å². The molecule has 0 N–H and O–H groups in total. The minimum atomic E-state index is -0.792. The lowest BCUT2D eigenvalue weighted by Crippen LogP contribution is -2.20. The normalized spacial score (nSPS) is 11.1. The summed E-state index contributed by atoms with van der Waals surface area (Å²) in [5.41, 5.74) is 1.56. The number of unbranched alkanes of at least 4 members (excludes halogenated alkanes) is 1. The Morgan fingerprint density at radius 2 is 1.77 bits per heavy atom. The van der Waals surface area contributed by atoms with Crippen molar-refractivity contribution in [1.82, 2.24) is 9.55 Å². The van der Waals surface area contributed by atoms with Crippen LogP contribution in [0, 0.1) is 11.6 Å². The lowest BCUT2D eigenvalue weighted by molar-refractivity contribution is 0.274. The van der Waals surface area contributed by atoms with E-state index in [-0.39, 0.29) is 12.2 Å². The molecule has 0 spiro atoms. The summed E-state index contributed by atoms with van der Waals surface area (Å²) in [5, 5.41) is 1.02. The van der Waals surface area contributed by atoms with Crippen LogP contribution in [0.1, 0.15) is 25.3 Å². The van der Waals surface area contributed by atoms with Gasteiger partial charge in [-0.2, -0.15) is 0 Å². The van der Waals surface area contributed by atoms with Crippen molar-refractivity contribution in [3.8, 4) is 16.9 Å². The number of aryl methyl sites for hydroxylation is 1. The molecule has 0 radical (unpaired) electrons. The van der Waals surface area contributed by atoms with Crippen LogP contribution in [0.15, 0.2) is 71.9 Å². The average molecular weight is 420 g/mol. The van der Waals surface area contributed by atoms with E-state index in [1.54, 1.807) is 23.0 Å². The molecule has 0 saturated carbocycles. The van der Waals surface area contributed by atoms with E-state index in [2.05, 4.69) is 4.98 Å². The summed E-state index contributed by atoms with van der Waals surface area (Å²) in [5.74, 6) is -2.00. The van der Waals surface area contributed by atoms with Crippen LogP contribution in [-0.2, 0) is 13.2 Å². The summed E-state index contributed by atoms with van der Waals surface area (Å²) in [6.45, 7) is 2.62. The van der Waals surface area contributed by atoms with E-state index in [0.29, 0.717) is 28.4 Å². The van der Waals surface area contributed by atoms with Gasteiger partial charge >= 0.3 is 0 Å². The van der Waals surface area contributed by atoms with Crippen molar-refractivity contribution in [3.63, 3.8) is 0 Å². The Morgan fingerprint density at radius 1 is 1.03 bits per heavy atom. The first-order valence-corrected chi connectivity index (χ1v) is 10.2. The standard InChI is InChI=1S/C25H22F2N2O2/c1-2-3-11-29-15-21(19-9-10-28-14-20(19)25(29)30)18-12-22(26)24(23(27)13-18)31-16-17-7-5-4-6-8-17/h4-10,12-15H,2-3,11,16H2,1H3. The first-order chi connectivity index (χ1) is 15.1.